The van der Waals surface area contributed by atoms with E-state index >= 15 is 0 Å². The fourth-order valence-electron chi connectivity index (χ4n) is 1.87. The number of halogens is 1. The van der Waals surface area contributed by atoms with E-state index in [9.17, 15) is 9.90 Å². The second kappa shape index (κ2) is 5.00. The Kier molecular flexibility index (Phi) is 3.59. The summed E-state index contributed by atoms with van der Waals surface area (Å²) in [6, 6.07) is 5.34. The molecule has 0 aliphatic heterocycles. The molecule has 0 aliphatic carbocycles. The standard InChI is InChI=1S/C13H14ClNO3/c1-3-18-13(17)12(16)9-6-11-8(5-10(9)14)4-7(2)15-11/h4-6,12,15-16H,3H2,1-2H3. The van der Waals surface area contributed by atoms with Crippen LogP contribution in [0, 0.1) is 6.92 Å². The normalized spacial score (nSPS) is 12.7. The molecule has 0 bridgehead atoms. The van der Waals surface area contributed by atoms with E-state index in [1.807, 2.05) is 13.0 Å². The lowest BCUT2D eigenvalue weighted by Gasteiger charge is -2.11. The topological polar surface area (TPSA) is 62.3 Å². The van der Waals surface area contributed by atoms with Gasteiger partial charge in [-0.05, 0) is 32.0 Å². The molecule has 0 radical (unpaired) electrons. The van der Waals surface area contributed by atoms with E-state index in [0.717, 1.165) is 16.6 Å². The Labute approximate surface area is 110 Å². The average molecular weight is 268 g/mol. The maximum absolute atomic E-state index is 11.5. The van der Waals surface area contributed by atoms with Crippen LogP contribution in [0.5, 0.6) is 0 Å². The van der Waals surface area contributed by atoms with Gasteiger partial charge < -0.3 is 14.8 Å². The van der Waals surface area contributed by atoms with Crippen molar-refractivity contribution in [1.29, 1.82) is 0 Å². The second-order valence-electron chi connectivity index (χ2n) is 4.07. The fraction of sp³-hybridized carbons (Fsp3) is 0.308. The number of aliphatic hydroxyl groups is 1. The van der Waals surface area contributed by atoms with Crippen molar-refractivity contribution in [2.24, 2.45) is 0 Å². The first-order chi connectivity index (χ1) is 8.52. The van der Waals surface area contributed by atoms with E-state index in [2.05, 4.69) is 4.98 Å². The molecule has 4 nitrogen and oxygen atoms in total. The van der Waals surface area contributed by atoms with Crippen LogP contribution in [0.25, 0.3) is 10.9 Å². The summed E-state index contributed by atoms with van der Waals surface area (Å²) in [5.74, 6) is -0.693. The highest BCUT2D eigenvalue weighted by atomic mass is 35.5. The zero-order valence-corrected chi connectivity index (χ0v) is 10.9. The first-order valence-corrected chi connectivity index (χ1v) is 6.04. The molecular formula is C13H14ClNO3. The van der Waals surface area contributed by atoms with Crippen LogP contribution < -0.4 is 0 Å². The number of carbonyl (C=O) groups is 1. The molecule has 0 saturated carbocycles. The fourth-order valence-corrected chi connectivity index (χ4v) is 2.15. The highest BCUT2D eigenvalue weighted by molar-refractivity contribution is 6.32. The zero-order chi connectivity index (χ0) is 13.3. The number of aromatic nitrogens is 1. The number of rotatable bonds is 3. The summed E-state index contributed by atoms with van der Waals surface area (Å²) >= 11 is 6.07. The first-order valence-electron chi connectivity index (χ1n) is 5.66. The molecule has 0 fully saturated rings. The van der Waals surface area contributed by atoms with Gasteiger partial charge in [0.15, 0.2) is 6.10 Å². The Hall–Kier alpha value is -1.52. The van der Waals surface area contributed by atoms with Gasteiger partial charge in [-0.25, -0.2) is 4.79 Å². The van der Waals surface area contributed by atoms with Crippen LogP contribution in [-0.4, -0.2) is 22.7 Å². The van der Waals surface area contributed by atoms with Gasteiger partial charge in [0.25, 0.3) is 0 Å². The highest BCUT2D eigenvalue weighted by Crippen LogP contribution is 2.29. The van der Waals surface area contributed by atoms with Crippen molar-refractivity contribution in [1.82, 2.24) is 4.98 Å². The lowest BCUT2D eigenvalue weighted by atomic mass is 10.1. The molecule has 2 N–H and O–H groups in total. The van der Waals surface area contributed by atoms with Gasteiger partial charge in [0, 0.05) is 27.2 Å². The average Bonchev–Trinajstić information content (AvgIpc) is 2.66. The van der Waals surface area contributed by atoms with Crippen molar-refractivity contribution in [3.05, 3.63) is 34.5 Å². The number of fused-ring (bicyclic) bond motifs is 1. The Morgan fingerprint density at radius 3 is 2.89 bits per heavy atom. The number of carbonyl (C=O) groups excluding carboxylic acids is 1. The van der Waals surface area contributed by atoms with Crippen LogP contribution in [0.4, 0.5) is 0 Å². The number of aliphatic hydroxyl groups excluding tert-OH is 1. The number of aryl methyl sites for hydroxylation is 1. The summed E-state index contributed by atoms with van der Waals surface area (Å²) < 4.78 is 4.77. The van der Waals surface area contributed by atoms with Gasteiger partial charge in [0.05, 0.1) is 6.61 Å². The van der Waals surface area contributed by atoms with Gasteiger partial charge in [-0.2, -0.15) is 0 Å². The molecule has 0 spiro atoms. The highest BCUT2D eigenvalue weighted by Gasteiger charge is 2.22. The number of hydrogen-bond acceptors (Lipinski definition) is 3. The SMILES string of the molecule is CCOC(=O)C(O)c1cc2[nH]c(C)cc2cc1Cl. The summed E-state index contributed by atoms with van der Waals surface area (Å²) in [4.78, 5) is 14.6. The number of benzene rings is 1. The Balaban J connectivity index is 2.43. The predicted octanol–water partition coefficient (Wildman–Crippen LogP) is 2.73. The van der Waals surface area contributed by atoms with Crippen LogP contribution in [0.1, 0.15) is 24.3 Å². The monoisotopic (exact) mass is 267 g/mol. The molecule has 5 heteroatoms. The van der Waals surface area contributed by atoms with E-state index in [1.165, 1.54) is 0 Å². The minimum absolute atomic E-state index is 0.220. The molecule has 1 aromatic heterocycles. The Morgan fingerprint density at radius 1 is 1.50 bits per heavy atom. The summed E-state index contributed by atoms with van der Waals surface area (Å²) in [5, 5.41) is 11.2. The van der Waals surface area contributed by atoms with E-state index in [1.54, 1.807) is 19.1 Å². The van der Waals surface area contributed by atoms with Crippen molar-refractivity contribution in [3.8, 4) is 0 Å². The maximum Gasteiger partial charge on any atom is 0.339 e. The maximum atomic E-state index is 11.5. The van der Waals surface area contributed by atoms with E-state index in [-0.39, 0.29) is 6.61 Å². The smallest absolute Gasteiger partial charge is 0.339 e. The minimum Gasteiger partial charge on any atom is -0.464 e. The molecule has 96 valence electrons. The number of ether oxygens (including phenoxy) is 1. The third-order valence-electron chi connectivity index (χ3n) is 2.68. The molecule has 2 aromatic rings. The van der Waals surface area contributed by atoms with E-state index in [0.29, 0.717) is 10.6 Å². The molecule has 1 unspecified atom stereocenters. The molecule has 2 rings (SSSR count). The van der Waals surface area contributed by atoms with E-state index in [4.69, 9.17) is 16.3 Å². The van der Waals surface area contributed by atoms with Gasteiger partial charge in [0.2, 0.25) is 0 Å². The molecule has 18 heavy (non-hydrogen) atoms. The van der Waals surface area contributed by atoms with Gasteiger partial charge >= 0.3 is 5.97 Å². The van der Waals surface area contributed by atoms with Gasteiger partial charge in [-0.3, -0.25) is 0 Å². The van der Waals surface area contributed by atoms with Crippen molar-refractivity contribution in [2.75, 3.05) is 6.61 Å². The van der Waals surface area contributed by atoms with Crippen molar-refractivity contribution in [3.63, 3.8) is 0 Å². The van der Waals surface area contributed by atoms with Crippen LogP contribution in [-0.2, 0) is 9.53 Å². The number of nitrogens with one attached hydrogen (secondary N) is 1. The molecule has 1 atom stereocenters. The van der Waals surface area contributed by atoms with Crippen molar-refractivity contribution in [2.45, 2.75) is 20.0 Å². The Bertz CT molecular complexity index is 591. The van der Waals surface area contributed by atoms with Crippen LogP contribution in [0.15, 0.2) is 18.2 Å². The number of esters is 1. The van der Waals surface area contributed by atoms with Crippen molar-refractivity contribution < 1.29 is 14.6 Å². The summed E-state index contributed by atoms with van der Waals surface area (Å²) in [6.07, 6.45) is -1.36. The third-order valence-corrected chi connectivity index (χ3v) is 3.00. The molecule has 0 amide bonds. The lowest BCUT2D eigenvalue weighted by Crippen LogP contribution is -2.15. The zero-order valence-electron chi connectivity index (χ0n) is 10.2. The predicted molar refractivity (Wildman–Crippen MR) is 69.6 cm³/mol. The summed E-state index contributed by atoms with van der Waals surface area (Å²) in [5.41, 5.74) is 2.17. The first kappa shape index (κ1) is 12.9. The minimum atomic E-state index is -1.36. The molecule has 1 aromatic carbocycles. The van der Waals surface area contributed by atoms with Crippen LogP contribution in [0.3, 0.4) is 0 Å². The van der Waals surface area contributed by atoms with Gasteiger partial charge in [-0.1, -0.05) is 11.6 Å². The summed E-state index contributed by atoms with van der Waals surface area (Å²) in [7, 11) is 0. The quantitative estimate of drug-likeness (QED) is 0.841. The van der Waals surface area contributed by atoms with Gasteiger partial charge in [0.1, 0.15) is 0 Å². The molecule has 0 saturated heterocycles. The third kappa shape index (κ3) is 2.35. The van der Waals surface area contributed by atoms with Crippen LogP contribution >= 0.6 is 11.6 Å². The largest absolute Gasteiger partial charge is 0.464 e. The van der Waals surface area contributed by atoms with E-state index < -0.39 is 12.1 Å². The summed E-state index contributed by atoms with van der Waals surface area (Å²) in [6.45, 7) is 3.83. The van der Waals surface area contributed by atoms with Crippen molar-refractivity contribution >= 4 is 28.5 Å². The second-order valence-corrected chi connectivity index (χ2v) is 4.48. The number of aromatic amines is 1. The van der Waals surface area contributed by atoms with Gasteiger partial charge in [-0.15, -0.1) is 0 Å². The number of H-pyrrole nitrogens is 1. The number of hydrogen-bond donors (Lipinski definition) is 2. The molecule has 0 aliphatic rings. The molecule has 1 heterocycles. The van der Waals surface area contributed by atoms with Crippen LogP contribution in [0.2, 0.25) is 5.02 Å². The Morgan fingerprint density at radius 2 is 2.22 bits per heavy atom. The lowest BCUT2D eigenvalue weighted by molar-refractivity contribution is -0.153. The molecular weight excluding hydrogens is 254 g/mol.